The van der Waals surface area contributed by atoms with E-state index in [9.17, 15) is 30.4 Å². The molecule has 0 radical (unpaired) electrons. The summed E-state index contributed by atoms with van der Waals surface area (Å²) in [5.41, 5.74) is -1.96. The van der Waals surface area contributed by atoms with Gasteiger partial charge in [-0.15, -0.1) is 0 Å². The lowest BCUT2D eigenvalue weighted by Gasteiger charge is -2.20. The first-order valence-electron chi connectivity index (χ1n) is 8.35. The summed E-state index contributed by atoms with van der Waals surface area (Å²) >= 11 is 0. The third-order valence-corrected chi connectivity index (χ3v) is 5.99. The summed E-state index contributed by atoms with van der Waals surface area (Å²) in [6, 6.07) is 1.53. The number of sulfonamides is 1. The van der Waals surface area contributed by atoms with Crippen LogP contribution in [-0.2, 0) is 16.2 Å². The Morgan fingerprint density at radius 1 is 1.00 bits per heavy atom. The summed E-state index contributed by atoms with van der Waals surface area (Å²) < 4.78 is 91.9. The minimum Gasteiger partial charge on any atom is -0.363 e. The lowest BCUT2D eigenvalue weighted by Crippen LogP contribution is -2.15. The van der Waals surface area contributed by atoms with Crippen molar-refractivity contribution in [2.45, 2.75) is 49.1 Å². The number of nitrogens with one attached hydrogen (secondary N) is 2. The summed E-state index contributed by atoms with van der Waals surface area (Å²) in [5.74, 6) is -3.09. The molecule has 4 nitrogen and oxygen atoms in total. The number of alkyl halides is 3. The van der Waals surface area contributed by atoms with Crippen molar-refractivity contribution in [3.63, 3.8) is 0 Å². The van der Waals surface area contributed by atoms with E-state index in [-0.39, 0.29) is 22.9 Å². The predicted octanol–water partition coefficient (Wildman–Crippen LogP) is 5.16. The number of hydrogen-bond acceptors (Lipinski definition) is 2. The van der Waals surface area contributed by atoms with Crippen molar-refractivity contribution in [3.8, 4) is 0 Å². The smallest absolute Gasteiger partial charge is 0.363 e. The number of halogens is 5. The maximum atomic E-state index is 13.9. The average Bonchev–Trinajstić information content (AvgIpc) is 3.08. The van der Waals surface area contributed by atoms with Gasteiger partial charge in [0.15, 0.2) is 0 Å². The van der Waals surface area contributed by atoms with Gasteiger partial charge in [0, 0.05) is 18.0 Å². The van der Waals surface area contributed by atoms with Gasteiger partial charge in [-0.05, 0) is 30.9 Å². The topological polar surface area (TPSA) is 62.0 Å². The molecule has 1 aliphatic rings. The molecule has 1 aromatic carbocycles. The van der Waals surface area contributed by atoms with Gasteiger partial charge >= 0.3 is 6.18 Å². The molecular formula is C17H17F5N2O2S. The number of hydrogen-bond donors (Lipinski definition) is 2. The number of aromatic amines is 1. The van der Waals surface area contributed by atoms with Crippen molar-refractivity contribution in [3.05, 3.63) is 47.3 Å². The van der Waals surface area contributed by atoms with Gasteiger partial charge in [0.25, 0.3) is 10.0 Å². The van der Waals surface area contributed by atoms with Crippen LogP contribution in [0.1, 0.15) is 49.3 Å². The van der Waals surface area contributed by atoms with E-state index in [0.29, 0.717) is 0 Å². The third-order valence-electron chi connectivity index (χ3n) is 4.64. The van der Waals surface area contributed by atoms with Crippen molar-refractivity contribution in [2.75, 3.05) is 4.72 Å². The Bertz CT molecular complexity index is 931. The summed E-state index contributed by atoms with van der Waals surface area (Å²) in [6.45, 7) is 0. The van der Waals surface area contributed by atoms with Gasteiger partial charge in [-0.2, -0.15) is 13.2 Å². The first-order chi connectivity index (χ1) is 12.6. The largest absolute Gasteiger partial charge is 0.419 e. The number of anilines is 1. The second-order valence-corrected chi connectivity index (χ2v) is 8.22. The SMILES string of the molecule is O=S(=O)(Nc1cc(F)c(C(F)(F)F)cc1F)c1c[nH]c(C2CCCCC2)c1. The van der Waals surface area contributed by atoms with Crippen LogP contribution in [0, 0.1) is 11.6 Å². The fourth-order valence-electron chi connectivity index (χ4n) is 3.24. The molecule has 148 valence electrons. The van der Waals surface area contributed by atoms with Crippen LogP contribution in [0.15, 0.2) is 29.3 Å². The van der Waals surface area contributed by atoms with Crippen LogP contribution in [0.5, 0.6) is 0 Å². The van der Waals surface area contributed by atoms with E-state index in [2.05, 4.69) is 4.98 Å². The number of benzene rings is 1. The first-order valence-corrected chi connectivity index (χ1v) is 9.83. The van der Waals surface area contributed by atoms with Gasteiger partial charge < -0.3 is 4.98 Å². The molecule has 3 rings (SSSR count). The lowest BCUT2D eigenvalue weighted by molar-refractivity contribution is -0.140. The van der Waals surface area contributed by atoms with Crippen LogP contribution in [-0.4, -0.2) is 13.4 Å². The van der Waals surface area contributed by atoms with Gasteiger partial charge in [-0.1, -0.05) is 19.3 Å². The van der Waals surface area contributed by atoms with E-state index in [0.717, 1.165) is 37.8 Å². The van der Waals surface area contributed by atoms with Gasteiger partial charge in [0.1, 0.15) is 16.5 Å². The number of H-pyrrole nitrogens is 1. The van der Waals surface area contributed by atoms with Crippen molar-refractivity contribution in [1.29, 1.82) is 0 Å². The zero-order valence-corrected chi connectivity index (χ0v) is 14.9. The van der Waals surface area contributed by atoms with Gasteiger partial charge in [0.2, 0.25) is 0 Å². The Hall–Kier alpha value is -2.10. The molecule has 1 fully saturated rings. The molecule has 0 atom stereocenters. The Labute approximate surface area is 152 Å². The molecule has 10 heteroatoms. The van der Waals surface area contributed by atoms with Crippen LogP contribution in [0.2, 0.25) is 0 Å². The molecule has 1 heterocycles. The lowest BCUT2D eigenvalue weighted by atomic mass is 9.87. The van der Waals surface area contributed by atoms with Gasteiger partial charge in [0.05, 0.1) is 11.3 Å². The molecule has 1 aromatic heterocycles. The molecule has 1 saturated carbocycles. The molecule has 0 saturated heterocycles. The standard InChI is InChI=1S/C17H17F5N2O2S/c18-13-8-16(14(19)7-12(13)17(20,21)22)24-27(25,26)11-6-15(23-9-11)10-4-2-1-3-5-10/h6-10,23-24H,1-5H2. The van der Waals surface area contributed by atoms with Gasteiger partial charge in [-0.3, -0.25) is 4.72 Å². The zero-order valence-electron chi connectivity index (χ0n) is 14.0. The van der Waals surface area contributed by atoms with Gasteiger partial charge in [-0.25, -0.2) is 17.2 Å². The van der Waals surface area contributed by atoms with E-state index in [1.807, 2.05) is 4.72 Å². The highest BCUT2D eigenvalue weighted by atomic mass is 32.2. The van der Waals surface area contributed by atoms with Crippen LogP contribution in [0.4, 0.5) is 27.6 Å². The Morgan fingerprint density at radius 3 is 2.30 bits per heavy atom. The predicted molar refractivity (Wildman–Crippen MR) is 88.8 cm³/mol. The monoisotopic (exact) mass is 408 g/mol. The minimum absolute atomic E-state index is 0.0717. The van der Waals surface area contributed by atoms with E-state index in [1.165, 1.54) is 12.3 Å². The van der Waals surface area contributed by atoms with E-state index < -0.39 is 39.1 Å². The first kappa shape index (κ1) is 19.7. The van der Waals surface area contributed by atoms with Crippen molar-refractivity contribution >= 4 is 15.7 Å². The van der Waals surface area contributed by atoms with Crippen molar-refractivity contribution in [1.82, 2.24) is 4.98 Å². The molecule has 0 unspecified atom stereocenters. The summed E-state index contributed by atoms with van der Waals surface area (Å²) in [5, 5.41) is 0. The molecule has 1 aliphatic carbocycles. The van der Waals surface area contributed by atoms with E-state index in [1.54, 1.807) is 0 Å². The van der Waals surface area contributed by atoms with Crippen molar-refractivity contribution < 1.29 is 30.4 Å². The van der Waals surface area contributed by atoms with Crippen LogP contribution >= 0.6 is 0 Å². The maximum Gasteiger partial charge on any atom is 0.419 e. The second kappa shape index (κ2) is 7.14. The summed E-state index contributed by atoms with van der Waals surface area (Å²) in [7, 11) is -4.29. The van der Waals surface area contributed by atoms with E-state index >= 15 is 0 Å². The molecule has 0 spiro atoms. The fourth-order valence-corrected chi connectivity index (χ4v) is 4.30. The fraction of sp³-hybridized carbons (Fsp3) is 0.412. The zero-order chi connectivity index (χ0) is 19.8. The highest BCUT2D eigenvalue weighted by molar-refractivity contribution is 7.92. The summed E-state index contributed by atoms with van der Waals surface area (Å²) in [4.78, 5) is 2.69. The Kier molecular flexibility index (Phi) is 5.20. The van der Waals surface area contributed by atoms with E-state index in [4.69, 9.17) is 0 Å². The normalized spacial score (nSPS) is 16.5. The quantitative estimate of drug-likeness (QED) is 0.687. The molecule has 2 N–H and O–H groups in total. The number of aromatic nitrogens is 1. The van der Waals surface area contributed by atoms with Crippen LogP contribution in [0.3, 0.4) is 0 Å². The second-order valence-electron chi connectivity index (χ2n) is 6.54. The Balaban J connectivity index is 1.85. The molecule has 27 heavy (non-hydrogen) atoms. The van der Waals surface area contributed by atoms with Crippen LogP contribution in [0.25, 0.3) is 0 Å². The van der Waals surface area contributed by atoms with Crippen molar-refractivity contribution in [2.24, 2.45) is 0 Å². The average molecular weight is 408 g/mol. The molecule has 0 bridgehead atoms. The molecule has 2 aromatic rings. The minimum atomic E-state index is -5.09. The highest BCUT2D eigenvalue weighted by Gasteiger charge is 2.35. The Morgan fingerprint density at radius 2 is 1.67 bits per heavy atom. The molecule has 0 amide bonds. The highest BCUT2D eigenvalue weighted by Crippen LogP contribution is 2.35. The number of rotatable bonds is 4. The molecule has 0 aliphatic heterocycles. The van der Waals surface area contributed by atoms with Crippen LogP contribution < -0.4 is 4.72 Å². The maximum absolute atomic E-state index is 13.9. The summed E-state index contributed by atoms with van der Waals surface area (Å²) in [6.07, 6.45) is 1.20. The third kappa shape index (κ3) is 4.26. The molecular weight excluding hydrogens is 391 g/mol.